The summed E-state index contributed by atoms with van der Waals surface area (Å²) < 4.78 is 5.01. The van der Waals surface area contributed by atoms with Crippen molar-refractivity contribution in [2.45, 2.75) is 48.8 Å². The van der Waals surface area contributed by atoms with Gasteiger partial charge in [-0.25, -0.2) is 0 Å². The Morgan fingerprint density at radius 1 is 1.33 bits per heavy atom. The molecule has 0 spiro atoms. The minimum atomic E-state index is 0.691. The Kier molecular flexibility index (Phi) is 7.08. The number of ether oxygens (including phenoxy) is 1. The smallest absolute Gasteiger partial charge is 0.100 e. The SMILES string of the molecule is COCCNCc1ccc(SC2CCCCC2)c(C#N)c1. The van der Waals surface area contributed by atoms with Gasteiger partial charge in [0.05, 0.1) is 12.2 Å². The molecule has 1 N–H and O–H groups in total. The molecule has 1 saturated carbocycles. The van der Waals surface area contributed by atoms with Crippen LogP contribution in [0, 0.1) is 11.3 Å². The van der Waals surface area contributed by atoms with Crippen LogP contribution in [0.1, 0.15) is 43.2 Å². The Balaban J connectivity index is 1.94. The third-order valence-electron chi connectivity index (χ3n) is 3.82. The first-order valence-corrected chi connectivity index (χ1v) is 8.61. The van der Waals surface area contributed by atoms with Gasteiger partial charge in [-0.05, 0) is 30.5 Å². The number of hydrogen-bond acceptors (Lipinski definition) is 4. The monoisotopic (exact) mass is 304 g/mol. The molecule has 0 saturated heterocycles. The van der Waals surface area contributed by atoms with Crippen molar-refractivity contribution in [1.82, 2.24) is 5.32 Å². The highest BCUT2D eigenvalue weighted by atomic mass is 32.2. The molecule has 0 heterocycles. The number of methoxy groups -OCH3 is 1. The van der Waals surface area contributed by atoms with E-state index in [2.05, 4.69) is 23.5 Å². The molecule has 21 heavy (non-hydrogen) atoms. The molecule has 0 bridgehead atoms. The van der Waals surface area contributed by atoms with Crippen LogP contribution in [0.5, 0.6) is 0 Å². The van der Waals surface area contributed by atoms with E-state index in [4.69, 9.17) is 4.74 Å². The Morgan fingerprint density at radius 3 is 2.86 bits per heavy atom. The van der Waals surface area contributed by atoms with Gasteiger partial charge in [0, 0.05) is 30.3 Å². The minimum Gasteiger partial charge on any atom is -0.383 e. The Hall–Kier alpha value is -1.02. The van der Waals surface area contributed by atoms with Crippen molar-refractivity contribution in [2.24, 2.45) is 0 Å². The quantitative estimate of drug-likeness (QED) is 0.780. The summed E-state index contributed by atoms with van der Waals surface area (Å²) >= 11 is 1.89. The second-order valence-corrected chi connectivity index (χ2v) is 6.83. The molecule has 1 aromatic carbocycles. The molecule has 0 amide bonds. The van der Waals surface area contributed by atoms with Crippen LogP contribution in [0.25, 0.3) is 0 Å². The fourth-order valence-corrected chi connectivity index (χ4v) is 3.95. The molecule has 3 nitrogen and oxygen atoms in total. The van der Waals surface area contributed by atoms with Gasteiger partial charge in [0.1, 0.15) is 6.07 Å². The second-order valence-electron chi connectivity index (χ2n) is 5.49. The predicted octanol–water partition coefficient (Wildman–Crippen LogP) is 3.72. The third kappa shape index (κ3) is 5.35. The normalized spacial score (nSPS) is 15.8. The molecular formula is C17H24N2OS. The Bertz CT molecular complexity index is 478. The number of benzene rings is 1. The van der Waals surface area contributed by atoms with Gasteiger partial charge in [-0.1, -0.05) is 25.3 Å². The van der Waals surface area contributed by atoms with Crippen LogP contribution in [0.4, 0.5) is 0 Å². The maximum Gasteiger partial charge on any atom is 0.100 e. The van der Waals surface area contributed by atoms with Crippen LogP contribution < -0.4 is 5.32 Å². The van der Waals surface area contributed by atoms with E-state index in [9.17, 15) is 5.26 Å². The average Bonchev–Trinajstić information content (AvgIpc) is 2.53. The molecule has 1 aliphatic rings. The molecule has 1 fully saturated rings. The second kappa shape index (κ2) is 9.09. The molecule has 4 heteroatoms. The first-order chi connectivity index (χ1) is 10.3. The summed E-state index contributed by atoms with van der Waals surface area (Å²) in [5.74, 6) is 0. The molecule has 0 aliphatic heterocycles. The van der Waals surface area contributed by atoms with E-state index in [1.54, 1.807) is 7.11 Å². The number of nitriles is 1. The standard InChI is InChI=1S/C17H24N2OS/c1-20-10-9-19-13-14-7-8-17(15(11-14)12-18)21-16-5-3-2-4-6-16/h7-8,11,16,19H,2-6,9-10,13H2,1H3. The van der Waals surface area contributed by atoms with E-state index < -0.39 is 0 Å². The zero-order valence-electron chi connectivity index (χ0n) is 12.7. The molecule has 0 unspecified atom stereocenters. The van der Waals surface area contributed by atoms with E-state index in [-0.39, 0.29) is 0 Å². The van der Waals surface area contributed by atoms with Gasteiger partial charge in [0.2, 0.25) is 0 Å². The Morgan fingerprint density at radius 2 is 2.14 bits per heavy atom. The fraction of sp³-hybridized carbons (Fsp3) is 0.588. The lowest BCUT2D eigenvalue weighted by atomic mass is 10.0. The molecule has 0 atom stereocenters. The van der Waals surface area contributed by atoms with Crippen molar-refractivity contribution >= 4 is 11.8 Å². The van der Waals surface area contributed by atoms with Gasteiger partial charge >= 0.3 is 0 Å². The van der Waals surface area contributed by atoms with Crippen molar-refractivity contribution in [2.75, 3.05) is 20.3 Å². The zero-order chi connectivity index (χ0) is 14.9. The van der Waals surface area contributed by atoms with Gasteiger partial charge < -0.3 is 10.1 Å². The molecular weight excluding hydrogens is 280 g/mol. The van der Waals surface area contributed by atoms with Crippen LogP contribution in [-0.2, 0) is 11.3 Å². The summed E-state index contributed by atoms with van der Waals surface area (Å²) in [5.41, 5.74) is 1.98. The van der Waals surface area contributed by atoms with E-state index in [1.807, 2.05) is 17.8 Å². The van der Waals surface area contributed by atoms with Gasteiger partial charge in [-0.15, -0.1) is 11.8 Å². The molecule has 1 aliphatic carbocycles. The van der Waals surface area contributed by atoms with Crippen molar-refractivity contribution in [3.05, 3.63) is 29.3 Å². The summed E-state index contributed by atoms with van der Waals surface area (Å²) in [6, 6.07) is 8.62. The summed E-state index contributed by atoms with van der Waals surface area (Å²) in [7, 11) is 1.70. The largest absolute Gasteiger partial charge is 0.383 e. The van der Waals surface area contributed by atoms with Crippen LogP contribution in [0.2, 0.25) is 0 Å². The number of nitrogens with one attached hydrogen (secondary N) is 1. The Labute approximate surface area is 132 Å². The third-order valence-corrected chi connectivity index (χ3v) is 5.24. The summed E-state index contributed by atoms with van der Waals surface area (Å²) in [4.78, 5) is 1.14. The highest BCUT2D eigenvalue weighted by Gasteiger charge is 2.16. The molecule has 114 valence electrons. The van der Waals surface area contributed by atoms with Gasteiger partial charge in [0.15, 0.2) is 0 Å². The highest BCUT2D eigenvalue weighted by molar-refractivity contribution is 8.00. The lowest BCUT2D eigenvalue weighted by Gasteiger charge is -2.21. The summed E-state index contributed by atoms with van der Waals surface area (Å²) in [6.45, 7) is 2.32. The van der Waals surface area contributed by atoms with Crippen LogP contribution in [0.3, 0.4) is 0 Å². The average molecular weight is 304 g/mol. The molecule has 2 rings (SSSR count). The number of hydrogen-bond donors (Lipinski definition) is 1. The van der Waals surface area contributed by atoms with E-state index in [0.717, 1.165) is 29.1 Å². The fourth-order valence-electron chi connectivity index (χ4n) is 2.65. The van der Waals surface area contributed by atoms with E-state index in [0.29, 0.717) is 11.9 Å². The maximum absolute atomic E-state index is 9.38. The van der Waals surface area contributed by atoms with E-state index >= 15 is 0 Å². The van der Waals surface area contributed by atoms with Crippen LogP contribution >= 0.6 is 11.8 Å². The van der Waals surface area contributed by atoms with Crippen molar-refractivity contribution in [3.8, 4) is 6.07 Å². The minimum absolute atomic E-state index is 0.691. The molecule has 0 aromatic heterocycles. The predicted molar refractivity (Wildman–Crippen MR) is 87.5 cm³/mol. The highest BCUT2D eigenvalue weighted by Crippen LogP contribution is 2.35. The molecule has 1 aromatic rings. The van der Waals surface area contributed by atoms with Gasteiger partial charge in [-0.3, -0.25) is 0 Å². The summed E-state index contributed by atoms with van der Waals surface area (Å²) in [5, 5.41) is 13.4. The first-order valence-electron chi connectivity index (χ1n) is 7.73. The van der Waals surface area contributed by atoms with Crippen molar-refractivity contribution in [1.29, 1.82) is 5.26 Å². The summed E-state index contributed by atoms with van der Waals surface area (Å²) in [6.07, 6.45) is 6.61. The molecule has 0 radical (unpaired) electrons. The number of nitrogens with zero attached hydrogens (tertiary/aromatic N) is 1. The van der Waals surface area contributed by atoms with Crippen LogP contribution in [-0.4, -0.2) is 25.5 Å². The zero-order valence-corrected chi connectivity index (χ0v) is 13.5. The lowest BCUT2D eigenvalue weighted by molar-refractivity contribution is 0.199. The lowest BCUT2D eigenvalue weighted by Crippen LogP contribution is -2.18. The van der Waals surface area contributed by atoms with Gasteiger partial charge in [-0.2, -0.15) is 5.26 Å². The van der Waals surface area contributed by atoms with Crippen LogP contribution in [0.15, 0.2) is 23.1 Å². The van der Waals surface area contributed by atoms with Gasteiger partial charge in [0.25, 0.3) is 0 Å². The number of rotatable bonds is 7. The maximum atomic E-state index is 9.38. The van der Waals surface area contributed by atoms with Crippen molar-refractivity contribution in [3.63, 3.8) is 0 Å². The van der Waals surface area contributed by atoms with E-state index in [1.165, 1.54) is 32.1 Å². The topological polar surface area (TPSA) is 45.0 Å². The first kappa shape index (κ1) is 16.4. The van der Waals surface area contributed by atoms with Crippen molar-refractivity contribution < 1.29 is 4.74 Å². The number of thioether (sulfide) groups is 1.